The summed E-state index contributed by atoms with van der Waals surface area (Å²) in [5.41, 5.74) is 14.5. The summed E-state index contributed by atoms with van der Waals surface area (Å²) in [4.78, 5) is 11.3. The lowest BCUT2D eigenvalue weighted by molar-refractivity contribution is 0.0977. The molecule has 2 aromatic carbocycles. The van der Waals surface area contributed by atoms with Gasteiger partial charge in [0.1, 0.15) is 5.69 Å². The highest BCUT2D eigenvalue weighted by Gasteiger charge is 2.20. The molecule has 0 aliphatic rings. The number of carbonyl (C=O) groups is 1. The number of primary amides is 1. The molecule has 0 spiro atoms. The van der Waals surface area contributed by atoms with Gasteiger partial charge < -0.3 is 15.9 Å². The predicted octanol–water partition coefficient (Wildman–Crippen LogP) is 4.00. The fourth-order valence-electron chi connectivity index (χ4n) is 2.60. The van der Waals surface area contributed by atoms with E-state index in [1.54, 1.807) is 0 Å². The van der Waals surface area contributed by atoms with Gasteiger partial charge in [0, 0.05) is 10.1 Å². The number of benzene rings is 2. The van der Waals surface area contributed by atoms with E-state index >= 15 is 0 Å². The molecule has 0 saturated heterocycles. The molecule has 5 heteroatoms. The number of amides is 1. The number of hydrogen-bond acceptors (Lipinski definition) is 4. The van der Waals surface area contributed by atoms with Crippen LogP contribution in [0.25, 0.3) is 31.5 Å². The summed E-state index contributed by atoms with van der Waals surface area (Å²) >= 11 is 1.51. The zero-order valence-corrected chi connectivity index (χ0v) is 12.3. The number of fused-ring (bicyclic) bond motifs is 3. The van der Waals surface area contributed by atoms with Crippen molar-refractivity contribution in [3.05, 3.63) is 54.3 Å². The molecular weight excluding hydrogens is 296 g/mol. The van der Waals surface area contributed by atoms with Crippen molar-refractivity contribution in [3.63, 3.8) is 0 Å². The Morgan fingerprint density at radius 3 is 2.55 bits per heavy atom. The summed E-state index contributed by atoms with van der Waals surface area (Å²) in [5, 5.41) is 0.943. The molecule has 108 valence electrons. The van der Waals surface area contributed by atoms with Crippen LogP contribution in [0.2, 0.25) is 0 Å². The number of anilines is 1. The molecule has 0 saturated carbocycles. The van der Waals surface area contributed by atoms with Gasteiger partial charge in [-0.15, -0.1) is 11.3 Å². The molecule has 2 heterocycles. The van der Waals surface area contributed by atoms with Crippen molar-refractivity contribution in [2.45, 2.75) is 0 Å². The lowest BCUT2D eigenvalue weighted by Crippen LogP contribution is -2.11. The zero-order valence-electron chi connectivity index (χ0n) is 11.5. The average molecular weight is 308 g/mol. The Bertz CT molecular complexity index is 1020. The smallest absolute Gasteiger partial charge is 0.286 e. The first kappa shape index (κ1) is 12.9. The maximum absolute atomic E-state index is 11.3. The second kappa shape index (κ2) is 4.61. The van der Waals surface area contributed by atoms with Crippen molar-refractivity contribution >= 4 is 43.3 Å². The fourth-order valence-corrected chi connectivity index (χ4v) is 3.73. The minimum absolute atomic E-state index is 0.0373. The quantitative estimate of drug-likeness (QED) is 0.587. The second-order valence-corrected chi connectivity index (χ2v) is 6.10. The maximum Gasteiger partial charge on any atom is 0.286 e. The molecule has 0 bridgehead atoms. The van der Waals surface area contributed by atoms with Crippen LogP contribution >= 0.6 is 11.3 Å². The van der Waals surface area contributed by atoms with Gasteiger partial charge in [-0.05, 0) is 23.3 Å². The molecule has 0 aliphatic carbocycles. The van der Waals surface area contributed by atoms with E-state index in [9.17, 15) is 4.79 Å². The zero-order chi connectivity index (χ0) is 15.3. The van der Waals surface area contributed by atoms with E-state index in [1.165, 1.54) is 11.3 Å². The Morgan fingerprint density at radius 1 is 1.05 bits per heavy atom. The predicted molar refractivity (Wildman–Crippen MR) is 90.0 cm³/mol. The highest BCUT2D eigenvalue weighted by molar-refractivity contribution is 7.26. The summed E-state index contributed by atoms with van der Waals surface area (Å²) in [5.74, 6) is -0.606. The first-order chi connectivity index (χ1) is 10.6. The van der Waals surface area contributed by atoms with E-state index in [4.69, 9.17) is 15.9 Å². The van der Waals surface area contributed by atoms with E-state index in [1.807, 2.05) is 30.3 Å². The fraction of sp³-hybridized carbons (Fsp3) is 0. The van der Waals surface area contributed by atoms with E-state index in [0.717, 1.165) is 25.9 Å². The normalized spacial score (nSPS) is 11.3. The van der Waals surface area contributed by atoms with Crippen molar-refractivity contribution < 1.29 is 9.21 Å². The summed E-state index contributed by atoms with van der Waals surface area (Å²) in [6.45, 7) is 0. The summed E-state index contributed by atoms with van der Waals surface area (Å²) in [7, 11) is 0. The van der Waals surface area contributed by atoms with Gasteiger partial charge in [0.15, 0.2) is 5.58 Å². The number of hydrogen-bond donors (Lipinski definition) is 2. The first-order valence-electron chi connectivity index (χ1n) is 6.75. The van der Waals surface area contributed by atoms with E-state index < -0.39 is 5.91 Å². The van der Waals surface area contributed by atoms with Crippen LogP contribution in [0.5, 0.6) is 0 Å². The molecule has 4 nitrogen and oxygen atoms in total. The third kappa shape index (κ3) is 1.79. The number of furan rings is 1. The lowest BCUT2D eigenvalue weighted by Gasteiger charge is -2.01. The van der Waals surface area contributed by atoms with Crippen LogP contribution in [0.4, 0.5) is 5.69 Å². The number of rotatable bonds is 2. The molecule has 4 aromatic rings. The largest absolute Gasteiger partial charge is 0.447 e. The number of carbonyl (C=O) groups excluding carboxylic acids is 1. The van der Waals surface area contributed by atoms with E-state index in [-0.39, 0.29) is 5.76 Å². The third-order valence-electron chi connectivity index (χ3n) is 3.67. The number of nitrogen functional groups attached to an aromatic ring is 1. The molecule has 0 fully saturated rings. The maximum atomic E-state index is 11.3. The molecule has 4 rings (SSSR count). The molecule has 0 unspecified atom stereocenters. The molecule has 4 N–H and O–H groups in total. The second-order valence-electron chi connectivity index (χ2n) is 5.05. The van der Waals surface area contributed by atoms with Crippen molar-refractivity contribution in [1.29, 1.82) is 0 Å². The Morgan fingerprint density at radius 2 is 1.82 bits per heavy atom. The number of nitrogens with two attached hydrogens (primary N) is 2. The molecule has 1 amide bonds. The van der Waals surface area contributed by atoms with Gasteiger partial charge in [0.2, 0.25) is 5.76 Å². The first-order valence-corrected chi connectivity index (χ1v) is 7.56. The molecule has 0 atom stereocenters. The average Bonchev–Trinajstić information content (AvgIpc) is 3.05. The molecule has 0 aliphatic heterocycles. The standard InChI is InChI=1S/C17H12N2O2S/c18-13-15(17(19)20)21-14-11-7-6-10(8-12(11)22-16(13)14)9-4-2-1-3-5-9/h1-8H,18H2,(H2,19,20). The topological polar surface area (TPSA) is 82.2 Å². The summed E-state index contributed by atoms with van der Waals surface area (Å²) in [6.07, 6.45) is 0. The van der Waals surface area contributed by atoms with Gasteiger partial charge in [-0.3, -0.25) is 4.79 Å². The molecule has 22 heavy (non-hydrogen) atoms. The molecule has 2 aromatic heterocycles. The molecular formula is C17H12N2O2S. The van der Waals surface area contributed by atoms with E-state index in [2.05, 4.69) is 18.2 Å². The Kier molecular flexibility index (Phi) is 2.71. The van der Waals surface area contributed by atoms with Crippen molar-refractivity contribution in [1.82, 2.24) is 0 Å². The highest BCUT2D eigenvalue weighted by Crippen LogP contribution is 2.41. The summed E-state index contributed by atoms with van der Waals surface area (Å²) < 4.78 is 7.41. The van der Waals surface area contributed by atoms with Crippen LogP contribution in [0.1, 0.15) is 10.6 Å². The van der Waals surface area contributed by atoms with Crippen LogP contribution in [-0.2, 0) is 0 Å². The monoisotopic (exact) mass is 308 g/mol. The molecule has 0 radical (unpaired) electrons. The van der Waals surface area contributed by atoms with Crippen LogP contribution in [0, 0.1) is 0 Å². The van der Waals surface area contributed by atoms with Crippen LogP contribution in [0.3, 0.4) is 0 Å². The van der Waals surface area contributed by atoms with Crippen molar-refractivity contribution in [2.75, 3.05) is 5.73 Å². The van der Waals surface area contributed by atoms with Crippen molar-refractivity contribution in [2.24, 2.45) is 5.73 Å². The van der Waals surface area contributed by atoms with Crippen LogP contribution in [0.15, 0.2) is 52.9 Å². The SMILES string of the molecule is NC(=O)c1oc2c(sc3cc(-c4ccccc4)ccc32)c1N. The lowest BCUT2D eigenvalue weighted by atomic mass is 10.0. The Balaban J connectivity index is 1.95. The van der Waals surface area contributed by atoms with Gasteiger partial charge >= 0.3 is 0 Å². The number of thiophene rings is 1. The Hall–Kier alpha value is -2.79. The minimum Gasteiger partial charge on any atom is -0.447 e. The highest BCUT2D eigenvalue weighted by atomic mass is 32.1. The summed E-state index contributed by atoms with van der Waals surface area (Å²) in [6, 6.07) is 16.3. The minimum atomic E-state index is -0.644. The van der Waals surface area contributed by atoms with Gasteiger partial charge in [-0.25, -0.2) is 0 Å². The van der Waals surface area contributed by atoms with Gasteiger partial charge in [-0.1, -0.05) is 36.4 Å². The van der Waals surface area contributed by atoms with Gasteiger partial charge in [-0.2, -0.15) is 0 Å². The Labute approximate surface area is 129 Å². The third-order valence-corrected chi connectivity index (χ3v) is 4.84. The van der Waals surface area contributed by atoms with Crippen LogP contribution in [-0.4, -0.2) is 5.91 Å². The van der Waals surface area contributed by atoms with E-state index in [0.29, 0.717) is 11.3 Å². The van der Waals surface area contributed by atoms with Crippen LogP contribution < -0.4 is 11.5 Å². The van der Waals surface area contributed by atoms with Crippen molar-refractivity contribution in [3.8, 4) is 11.1 Å². The van der Waals surface area contributed by atoms with Gasteiger partial charge in [0.05, 0.1) is 4.70 Å². The van der Waals surface area contributed by atoms with Gasteiger partial charge in [0.25, 0.3) is 5.91 Å².